The molecule has 0 fully saturated rings. The van der Waals surface area contributed by atoms with Gasteiger partial charge in [-0.1, -0.05) is 6.07 Å². The van der Waals surface area contributed by atoms with Crippen LogP contribution in [0.4, 0.5) is 11.4 Å². The summed E-state index contributed by atoms with van der Waals surface area (Å²) < 4.78 is 10.1. The second-order valence-electron chi connectivity index (χ2n) is 5.40. The van der Waals surface area contributed by atoms with Crippen molar-refractivity contribution in [3.8, 4) is 5.75 Å². The predicted octanol–water partition coefficient (Wildman–Crippen LogP) is 3.34. The van der Waals surface area contributed by atoms with Crippen LogP contribution in [0.25, 0.3) is 0 Å². The zero-order valence-electron chi connectivity index (χ0n) is 14.6. The molecule has 0 atom stereocenters. The molecule has 0 heterocycles. The van der Waals surface area contributed by atoms with Crippen LogP contribution in [0.3, 0.4) is 0 Å². The molecular weight excluding hydrogens is 340 g/mol. The first-order chi connectivity index (χ1) is 12.3. The molecule has 0 aromatic heterocycles. The molecule has 136 valence electrons. The fourth-order valence-corrected chi connectivity index (χ4v) is 2.29. The second-order valence-corrected chi connectivity index (χ2v) is 5.40. The molecule has 0 bridgehead atoms. The minimum absolute atomic E-state index is 0.0363. The van der Waals surface area contributed by atoms with E-state index in [2.05, 4.69) is 5.32 Å². The summed E-state index contributed by atoms with van der Waals surface area (Å²) in [5, 5.41) is 13.8. The molecule has 0 saturated heterocycles. The average Bonchev–Trinajstić information content (AvgIpc) is 2.61. The summed E-state index contributed by atoms with van der Waals surface area (Å²) in [5.41, 5.74) is 0.833. The molecule has 0 radical (unpaired) electrons. The first-order valence-electron chi connectivity index (χ1n) is 7.78. The standard InChI is InChI=1S/C18H18N2O6/c1-4-26-18(22)13-8-12(9-14(10-13)20(23)24)17(21)19-15-7-11(2)5-6-16(15)25-3/h5-10H,4H2,1-3H3,(H,19,21). The average molecular weight is 358 g/mol. The number of rotatable bonds is 6. The van der Waals surface area contributed by atoms with Crippen molar-refractivity contribution < 1.29 is 24.0 Å². The van der Waals surface area contributed by atoms with E-state index in [1.54, 1.807) is 19.1 Å². The van der Waals surface area contributed by atoms with Crippen LogP contribution in [-0.4, -0.2) is 30.5 Å². The molecule has 2 rings (SSSR count). The Morgan fingerprint density at radius 3 is 2.46 bits per heavy atom. The van der Waals surface area contributed by atoms with Crippen molar-refractivity contribution in [2.45, 2.75) is 13.8 Å². The summed E-state index contributed by atoms with van der Waals surface area (Å²) in [5.74, 6) is -0.901. The number of methoxy groups -OCH3 is 1. The molecule has 26 heavy (non-hydrogen) atoms. The van der Waals surface area contributed by atoms with Crippen LogP contribution in [0.1, 0.15) is 33.2 Å². The van der Waals surface area contributed by atoms with Gasteiger partial charge in [0.05, 0.1) is 29.9 Å². The van der Waals surface area contributed by atoms with Crippen molar-refractivity contribution in [3.63, 3.8) is 0 Å². The Bertz CT molecular complexity index is 863. The summed E-state index contributed by atoms with van der Waals surface area (Å²) in [6, 6.07) is 8.65. The van der Waals surface area contributed by atoms with Gasteiger partial charge < -0.3 is 14.8 Å². The number of nitrogens with one attached hydrogen (secondary N) is 1. The monoisotopic (exact) mass is 358 g/mol. The summed E-state index contributed by atoms with van der Waals surface area (Å²) in [4.78, 5) is 34.9. The Balaban J connectivity index is 2.40. The van der Waals surface area contributed by atoms with Crippen molar-refractivity contribution in [1.82, 2.24) is 0 Å². The highest BCUT2D eigenvalue weighted by Crippen LogP contribution is 2.26. The molecular formula is C18H18N2O6. The van der Waals surface area contributed by atoms with Gasteiger partial charge in [-0.25, -0.2) is 4.79 Å². The van der Waals surface area contributed by atoms with Crippen LogP contribution in [0.5, 0.6) is 5.75 Å². The summed E-state index contributed by atoms with van der Waals surface area (Å²) in [6.45, 7) is 3.58. The van der Waals surface area contributed by atoms with Crippen molar-refractivity contribution in [2.24, 2.45) is 0 Å². The van der Waals surface area contributed by atoms with E-state index in [0.717, 1.165) is 17.7 Å². The van der Waals surface area contributed by atoms with Crippen molar-refractivity contribution >= 4 is 23.3 Å². The number of non-ortho nitro benzene ring substituents is 1. The van der Waals surface area contributed by atoms with Gasteiger partial charge in [0.25, 0.3) is 11.6 Å². The van der Waals surface area contributed by atoms with Crippen molar-refractivity contribution in [1.29, 1.82) is 0 Å². The van der Waals surface area contributed by atoms with E-state index in [9.17, 15) is 19.7 Å². The number of hydrogen-bond donors (Lipinski definition) is 1. The number of nitro groups is 1. The molecule has 0 unspecified atom stereocenters. The molecule has 1 amide bonds. The normalized spacial score (nSPS) is 10.1. The number of nitro benzene ring substituents is 1. The third-order valence-electron chi connectivity index (χ3n) is 3.51. The minimum Gasteiger partial charge on any atom is -0.495 e. The largest absolute Gasteiger partial charge is 0.495 e. The Morgan fingerprint density at radius 1 is 1.15 bits per heavy atom. The third kappa shape index (κ3) is 4.35. The van der Waals surface area contributed by atoms with Gasteiger partial charge in [-0.3, -0.25) is 14.9 Å². The molecule has 0 aliphatic carbocycles. The summed E-state index contributed by atoms with van der Waals surface area (Å²) in [7, 11) is 1.46. The summed E-state index contributed by atoms with van der Waals surface area (Å²) >= 11 is 0. The number of benzene rings is 2. The minimum atomic E-state index is -0.738. The number of nitrogens with zero attached hydrogens (tertiary/aromatic N) is 1. The van der Waals surface area contributed by atoms with Crippen LogP contribution < -0.4 is 10.1 Å². The van der Waals surface area contributed by atoms with Gasteiger partial charge in [0.1, 0.15) is 5.75 Å². The molecule has 0 saturated carbocycles. The number of anilines is 1. The maximum absolute atomic E-state index is 12.6. The fourth-order valence-electron chi connectivity index (χ4n) is 2.29. The lowest BCUT2D eigenvalue weighted by Gasteiger charge is -2.11. The van der Waals surface area contributed by atoms with Gasteiger partial charge in [-0.05, 0) is 37.6 Å². The van der Waals surface area contributed by atoms with Crippen LogP contribution in [0, 0.1) is 17.0 Å². The Labute approximate surface area is 149 Å². The van der Waals surface area contributed by atoms with Gasteiger partial charge in [0.15, 0.2) is 0 Å². The Morgan fingerprint density at radius 2 is 1.85 bits per heavy atom. The zero-order chi connectivity index (χ0) is 19.3. The van der Waals surface area contributed by atoms with Crippen LogP contribution in [0.15, 0.2) is 36.4 Å². The van der Waals surface area contributed by atoms with Gasteiger partial charge in [0, 0.05) is 17.7 Å². The third-order valence-corrected chi connectivity index (χ3v) is 3.51. The number of esters is 1. The topological polar surface area (TPSA) is 108 Å². The lowest BCUT2D eigenvalue weighted by molar-refractivity contribution is -0.384. The van der Waals surface area contributed by atoms with E-state index in [1.807, 2.05) is 13.0 Å². The first-order valence-corrected chi connectivity index (χ1v) is 7.78. The number of aryl methyl sites for hydroxylation is 1. The molecule has 2 aromatic rings. The number of carbonyl (C=O) groups is 2. The lowest BCUT2D eigenvalue weighted by atomic mass is 10.1. The SMILES string of the molecule is CCOC(=O)c1cc(C(=O)Nc2cc(C)ccc2OC)cc([N+](=O)[O-])c1. The molecule has 0 aliphatic heterocycles. The highest BCUT2D eigenvalue weighted by Gasteiger charge is 2.19. The zero-order valence-corrected chi connectivity index (χ0v) is 14.6. The van der Waals surface area contributed by atoms with Gasteiger partial charge in [-0.2, -0.15) is 0 Å². The van der Waals surface area contributed by atoms with Crippen molar-refractivity contribution in [3.05, 3.63) is 63.2 Å². The van der Waals surface area contributed by atoms with E-state index in [0.29, 0.717) is 11.4 Å². The molecule has 8 heteroatoms. The molecule has 0 spiro atoms. The van der Waals surface area contributed by atoms with Crippen LogP contribution >= 0.6 is 0 Å². The van der Waals surface area contributed by atoms with E-state index in [1.165, 1.54) is 13.2 Å². The van der Waals surface area contributed by atoms with Gasteiger partial charge in [0.2, 0.25) is 0 Å². The highest BCUT2D eigenvalue weighted by molar-refractivity contribution is 6.07. The second kappa shape index (κ2) is 8.11. The van der Waals surface area contributed by atoms with Crippen molar-refractivity contribution in [2.75, 3.05) is 19.0 Å². The fraction of sp³-hybridized carbons (Fsp3) is 0.222. The van der Waals surface area contributed by atoms with Gasteiger partial charge in [-0.15, -0.1) is 0 Å². The molecule has 2 aromatic carbocycles. The molecule has 1 N–H and O–H groups in total. The highest BCUT2D eigenvalue weighted by atomic mass is 16.6. The number of amides is 1. The van der Waals surface area contributed by atoms with E-state index < -0.39 is 16.8 Å². The quantitative estimate of drug-likeness (QED) is 0.482. The molecule has 8 nitrogen and oxygen atoms in total. The number of hydrogen-bond acceptors (Lipinski definition) is 6. The molecule has 0 aliphatic rings. The number of ether oxygens (including phenoxy) is 2. The maximum Gasteiger partial charge on any atom is 0.338 e. The van der Waals surface area contributed by atoms with Gasteiger partial charge >= 0.3 is 5.97 Å². The Hall–Kier alpha value is -3.42. The Kier molecular flexibility index (Phi) is 5.90. The predicted molar refractivity (Wildman–Crippen MR) is 94.7 cm³/mol. The maximum atomic E-state index is 12.6. The lowest BCUT2D eigenvalue weighted by Crippen LogP contribution is -2.15. The van der Waals surface area contributed by atoms with Crippen LogP contribution in [-0.2, 0) is 4.74 Å². The number of carbonyl (C=O) groups excluding carboxylic acids is 2. The summed E-state index contributed by atoms with van der Waals surface area (Å²) in [6.07, 6.45) is 0. The smallest absolute Gasteiger partial charge is 0.338 e. The van der Waals surface area contributed by atoms with E-state index >= 15 is 0 Å². The van der Waals surface area contributed by atoms with E-state index in [4.69, 9.17) is 9.47 Å². The van der Waals surface area contributed by atoms with Crippen LogP contribution in [0.2, 0.25) is 0 Å². The van der Waals surface area contributed by atoms with E-state index in [-0.39, 0.29) is 23.4 Å². The first kappa shape index (κ1) is 18.9.